The van der Waals surface area contributed by atoms with Gasteiger partial charge in [0, 0.05) is 22.0 Å². The zero-order valence-corrected chi connectivity index (χ0v) is 17.6. The van der Waals surface area contributed by atoms with E-state index in [0.717, 1.165) is 33.9 Å². The van der Waals surface area contributed by atoms with Crippen LogP contribution in [0.25, 0.3) is 39.4 Å². The van der Waals surface area contributed by atoms with Gasteiger partial charge in [0.1, 0.15) is 5.69 Å². The van der Waals surface area contributed by atoms with Crippen LogP contribution in [-0.2, 0) is 11.0 Å². The number of benzene rings is 1. The highest BCUT2D eigenvalue weighted by Gasteiger charge is 2.32. The zero-order chi connectivity index (χ0) is 22.3. The van der Waals surface area contributed by atoms with Gasteiger partial charge in [-0.05, 0) is 36.4 Å². The Morgan fingerprint density at radius 3 is 2.65 bits per heavy atom. The number of alkyl halides is 3. The predicted octanol–water partition coefficient (Wildman–Crippen LogP) is 6.37. The molecule has 0 saturated carbocycles. The molecule has 3 heterocycles. The van der Waals surface area contributed by atoms with Crippen LogP contribution in [0.15, 0.2) is 48.0 Å². The van der Waals surface area contributed by atoms with E-state index in [1.807, 2.05) is 31.2 Å². The molecule has 0 spiro atoms. The normalized spacial score (nSPS) is 11.9. The SMILES string of the molecule is C=Cc1ccc2cc(SCC)c(-c3c(C)c4ncc(C(F)(F)F)cc4n3C=O)nc2c1. The topological polar surface area (TPSA) is 47.8 Å². The highest BCUT2D eigenvalue weighted by molar-refractivity contribution is 7.99. The number of rotatable bonds is 5. The van der Waals surface area contributed by atoms with Crippen LogP contribution in [0.4, 0.5) is 13.2 Å². The molecule has 0 fully saturated rings. The zero-order valence-electron chi connectivity index (χ0n) is 16.8. The number of hydrogen-bond donors (Lipinski definition) is 0. The molecular weight excluding hydrogens is 423 g/mol. The Morgan fingerprint density at radius 2 is 2.00 bits per heavy atom. The molecule has 158 valence electrons. The van der Waals surface area contributed by atoms with Gasteiger partial charge in [-0.1, -0.05) is 31.7 Å². The summed E-state index contributed by atoms with van der Waals surface area (Å²) in [6.07, 6.45) is -1.54. The lowest BCUT2D eigenvalue weighted by Crippen LogP contribution is -2.06. The summed E-state index contributed by atoms with van der Waals surface area (Å²) in [4.78, 5) is 21.7. The van der Waals surface area contributed by atoms with Gasteiger partial charge in [-0.15, -0.1) is 11.8 Å². The lowest BCUT2D eigenvalue weighted by atomic mass is 10.1. The molecule has 4 nitrogen and oxygen atoms in total. The average molecular weight is 441 g/mol. The third-order valence-corrected chi connectivity index (χ3v) is 5.99. The summed E-state index contributed by atoms with van der Waals surface area (Å²) >= 11 is 1.55. The van der Waals surface area contributed by atoms with Crippen molar-refractivity contribution in [2.24, 2.45) is 0 Å². The molecule has 4 rings (SSSR count). The predicted molar refractivity (Wildman–Crippen MR) is 119 cm³/mol. The van der Waals surface area contributed by atoms with Crippen molar-refractivity contribution >= 4 is 46.2 Å². The molecule has 0 aliphatic carbocycles. The van der Waals surface area contributed by atoms with E-state index in [9.17, 15) is 18.0 Å². The van der Waals surface area contributed by atoms with Gasteiger partial charge in [-0.3, -0.25) is 14.3 Å². The van der Waals surface area contributed by atoms with Gasteiger partial charge >= 0.3 is 6.18 Å². The molecule has 3 aromatic heterocycles. The molecule has 0 unspecified atom stereocenters. The van der Waals surface area contributed by atoms with E-state index in [0.29, 0.717) is 34.4 Å². The van der Waals surface area contributed by atoms with Crippen LogP contribution in [0.1, 0.15) is 23.6 Å². The van der Waals surface area contributed by atoms with Gasteiger partial charge in [-0.25, -0.2) is 4.98 Å². The van der Waals surface area contributed by atoms with Crippen molar-refractivity contribution in [2.45, 2.75) is 24.9 Å². The van der Waals surface area contributed by atoms with E-state index in [4.69, 9.17) is 4.98 Å². The third kappa shape index (κ3) is 3.61. The second kappa shape index (κ2) is 7.85. The number of halogens is 3. The van der Waals surface area contributed by atoms with Crippen LogP contribution in [0.5, 0.6) is 0 Å². The van der Waals surface area contributed by atoms with Crippen LogP contribution in [0, 0.1) is 6.92 Å². The van der Waals surface area contributed by atoms with Gasteiger partial charge in [-0.2, -0.15) is 13.2 Å². The molecule has 4 aromatic rings. The Labute approximate surface area is 180 Å². The lowest BCUT2D eigenvalue weighted by Gasteiger charge is -2.12. The van der Waals surface area contributed by atoms with E-state index in [2.05, 4.69) is 11.6 Å². The molecule has 8 heteroatoms. The highest BCUT2D eigenvalue weighted by Crippen LogP contribution is 2.39. The van der Waals surface area contributed by atoms with Crippen LogP contribution >= 0.6 is 11.8 Å². The summed E-state index contributed by atoms with van der Waals surface area (Å²) < 4.78 is 40.9. The molecule has 0 amide bonds. The summed E-state index contributed by atoms with van der Waals surface area (Å²) in [6, 6.07) is 8.71. The monoisotopic (exact) mass is 441 g/mol. The fourth-order valence-corrected chi connectivity index (χ4v) is 4.42. The number of aryl methyl sites for hydroxylation is 1. The Hall–Kier alpha value is -3.13. The Bertz CT molecular complexity index is 1340. The van der Waals surface area contributed by atoms with Crippen molar-refractivity contribution in [3.8, 4) is 11.4 Å². The van der Waals surface area contributed by atoms with Gasteiger partial charge < -0.3 is 0 Å². The van der Waals surface area contributed by atoms with Crippen molar-refractivity contribution in [3.63, 3.8) is 0 Å². The van der Waals surface area contributed by atoms with Crippen molar-refractivity contribution in [3.05, 3.63) is 59.8 Å². The Balaban J connectivity index is 2.07. The first-order valence-electron chi connectivity index (χ1n) is 9.52. The second-order valence-corrected chi connectivity index (χ2v) is 8.27. The van der Waals surface area contributed by atoms with Crippen molar-refractivity contribution in [1.82, 2.24) is 14.5 Å². The average Bonchev–Trinajstić information content (AvgIpc) is 3.03. The molecule has 0 aliphatic rings. The third-order valence-electron chi connectivity index (χ3n) is 5.08. The van der Waals surface area contributed by atoms with Crippen LogP contribution in [0.2, 0.25) is 0 Å². The highest BCUT2D eigenvalue weighted by atomic mass is 32.2. The maximum absolute atomic E-state index is 13.2. The molecule has 1 aromatic carbocycles. The minimum Gasteiger partial charge on any atom is -0.279 e. The van der Waals surface area contributed by atoms with E-state index in [-0.39, 0.29) is 5.52 Å². The number of carbonyl (C=O) groups excluding carboxylic acids is 1. The van der Waals surface area contributed by atoms with Crippen molar-refractivity contribution in [2.75, 3.05) is 5.75 Å². The van der Waals surface area contributed by atoms with E-state index in [1.165, 1.54) is 4.57 Å². The summed E-state index contributed by atoms with van der Waals surface area (Å²) in [5, 5.41) is 0.925. The number of carbonyl (C=O) groups is 1. The maximum Gasteiger partial charge on any atom is 0.417 e. The number of hydrogen-bond acceptors (Lipinski definition) is 4. The van der Waals surface area contributed by atoms with E-state index in [1.54, 1.807) is 24.8 Å². The molecule has 0 aliphatic heterocycles. The molecule has 0 radical (unpaired) electrons. The van der Waals surface area contributed by atoms with Crippen LogP contribution in [-0.4, -0.2) is 26.7 Å². The Kier molecular flexibility index (Phi) is 5.35. The van der Waals surface area contributed by atoms with Gasteiger partial charge in [0.05, 0.1) is 27.8 Å². The molecule has 0 saturated heterocycles. The first kappa shape index (κ1) is 21.1. The summed E-state index contributed by atoms with van der Waals surface area (Å²) in [5.74, 6) is 0.766. The van der Waals surface area contributed by atoms with E-state index >= 15 is 0 Å². The number of nitrogens with zero attached hydrogens (tertiary/aromatic N) is 3. The fraction of sp³-hybridized carbons (Fsp3) is 0.174. The lowest BCUT2D eigenvalue weighted by molar-refractivity contribution is -0.137. The molecule has 31 heavy (non-hydrogen) atoms. The van der Waals surface area contributed by atoms with Gasteiger partial charge in [0.2, 0.25) is 6.41 Å². The molecule has 0 bridgehead atoms. The molecule has 0 N–H and O–H groups in total. The minimum absolute atomic E-state index is 0.103. The standard InChI is InChI=1S/C23H18F3N3OS/c1-4-14-6-7-15-9-19(31-5-2)21(28-17(15)8-14)22-13(3)20-18(29(22)12-30)10-16(11-27-20)23(24,25)26/h4,6-12H,1,5H2,2-3H3. The second-order valence-electron chi connectivity index (χ2n) is 6.96. The first-order valence-corrected chi connectivity index (χ1v) is 10.5. The number of fused-ring (bicyclic) bond motifs is 2. The van der Waals surface area contributed by atoms with Crippen LogP contribution < -0.4 is 0 Å². The van der Waals surface area contributed by atoms with Gasteiger partial charge in [0.15, 0.2) is 0 Å². The molecule has 0 atom stereocenters. The van der Waals surface area contributed by atoms with Gasteiger partial charge in [0.25, 0.3) is 0 Å². The van der Waals surface area contributed by atoms with Crippen molar-refractivity contribution in [1.29, 1.82) is 0 Å². The number of aromatic nitrogens is 3. The first-order chi connectivity index (χ1) is 14.8. The smallest absolute Gasteiger partial charge is 0.279 e. The maximum atomic E-state index is 13.2. The summed E-state index contributed by atoms with van der Waals surface area (Å²) in [6.45, 7) is 7.52. The largest absolute Gasteiger partial charge is 0.417 e. The quantitative estimate of drug-likeness (QED) is 0.267. The summed E-state index contributed by atoms with van der Waals surface area (Å²) in [5.41, 5.74) is 2.72. The Morgan fingerprint density at radius 1 is 1.23 bits per heavy atom. The fourth-order valence-electron chi connectivity index (χ4n) is 3.62. The minimum atomic E-state index is -4.56. The summed E-state index contributed by atoms with van der Waals surface area (Å²) in [7, 11) is 0. The number of thioether (sulfide) groups is 1. The molecular formula is C23H18F3N3OS. The van der Waals surface area contributed by atoms with Crippen LogP contribution in [0.3, 0.4) is 0 Å². The van der Waals surface area contributed by atoms with E-state index < -0.39 is 11.7 Å². The van der Waals surface area contributed by atoms with Crippen molar-refractivity contribution < 1.29 is 18.0 Å². The number of pyridine rings is 2.